The zero-order chi connectivity index (χ0) is 32.2. The smallest absolute Gasteiger partial charge is 0.456 e. The van der Waals surface area contributed by atoms with Crippen molar-refractivity contribution >= 4 is 41.2 Å². The fraction of sp³-hybridized carbons (Fsp3) is 0.276. The Bertz CT molecular complexity index is 1670. The monoisotopic (exact) mass is 635 g/mol. The SMILES string of the molecule is CC(OC(=O)OCc1ccc([N+](=O)[O-])cc1)C1C(=O)N2C(C(=O)OCc3ccc([N+](=O)[O-])cc3)=C(Sc3ncccn3)C(C)C12. The Morgan fingerprint density at radius 3 is 2.00 bits per heavy atom. The summed E-state index contributed by atoms with van der Waals surface area (Å²) in [4.78, 5) is 70.3. The van der Waals surface area contributed by atoms with Crippen LogP contribution in [0.5, 0.6) is 0 Å². The van der Waals surface area contributed by atoms with Crippen molar-refractivity contribution in [1.29, 1.82) is 0 Å². The number of hydrogen-bond acceptors (Lipinski definition) is 13. The minimum Gasteiger partial charge on any atom is -0.456 e. The van der Waals surface area contributed by atoms with Crippen molar-refractivity contribution < 1.29 is 38.4 Å². The average molecular weight is 636 g/mol. The topological polar surface area (TPSA) is 194 Å². The molecule has 0 bridgehead atoms. The van der Waals surface area contributed by atoms with Crippen molar-refractivity contribution in [2.45, 2.75) is 44.4 Å². The number of β-lactam (4-membered cyclic amide) rings is 1. The van der Waals surface area contributed by atoms with Crippen LogP contribution < -0.4 is 0 Å². The van der Waals surface area contributed by atoms with E-state index in [4.69, 9.17) is 14.2 Å². The maximum absolute atomic E-state index is 13.5. The Kier molecular flexibility index (Phi) is 9.03. The zero-order valence-electron chi connectivity index (χ0n) is 23.8. The molecule has 4 unspecified atom stereocenters. The number of esters is 1. The zero-order valence-corrected chi connectivity index (χ0v) is 24.6. The van der Waals surface area contributed by atoms with Crippen LogP contribution >= 0.6 is 11.8 Å². The van der Waals surface area contributed by atoms with Gasteiger partial charge in [-0.05, 0) is 48.4 Å². The molecule has 2 aromatic carbocycles. The Hall–Kier alpha value is -5.38. The standard InChI is InChI=1S/C29H25N5O10S/c1-16-23-22(17(2)44-29(37)43-15-19-6-10-21(11-7-19)34(40)41)26(35)32(23)24(25(16)45-28-30-12-3-13-31-28)27(36)42-14-18-4-8-20(9-5-18)33(38)39/h3-13,16-17,22-23H,14-15H2,1-2H3. The highest BCUT2D eigenvalue weighted by atomic mass is 32.2. The molecular formula is C29H25N5O10S. The fourth-order valence-corrected chi connectivity index (χ4v) is 6.14. The lowest BCUT2D eigenvalue weighted by Gasteiger charge is -2.47. The second-order valence-electron chi connectivity index (χ2n) is 10.1. The van der Waals surface area contributed by atoms with Gasteiger partial charge in [-0.3, -0.25) is 25.0 Å². The number of rotatable bonds is 11. The maximum Gasteiger partial charge on any atom is 0.508 e. The van der Waals surface area contributed by atoms with E-state index in [1.807, 2.05) is 6.92 Å². The summed E-state index contributed by atoms with van der Waals surface area (Å²) >= 11 is 1.12. The highest BCUT2D eigenvalue weighted by Gasteiger charge is 2.61. The van der Waals surface area contributed by atoms with Crippen molar-refractivity contribution in [3.8, 4) is 0 Å². The van der Waals surface area contributed by atoms with Crippen LogP contribution in [0, 0.1) is 32.1 Å². The van der Waals surface area contributed by atoms with Crippen molar-refractivity contribution in [2.75, 3.05) is 0 Å². The van der Waals surface area contributed by atoms with Gasteiger partial charge < -0.3 is 19.1 Å². The Balaban J connectivity index is 1.27. The summed E-state index contributed by atoms with van der Waals surface area (Å²) in [6, 6.07) is 12.1. The lowest BCUT2D eigenvalue weighted by atomic mass is 9.79. The summed E-state index contributed by atoms with van der Waals surface area (Å²) in [5, 5.41) is 22.1. The van der Waals surface area contributed by atoms with Crippen LogP contribution in [0.2, 0.25) is 0 Å². The molecule has 0 aliphatic carbocycles. The average Bonchev–Trinajstić information content (AvgIpc) is 3.27. The Morgan fingerprint density at radius 1 is 0.933 bits per heavy atom. The molecule has 1 amide bonds. The van der Waals surface area contributed by atoms with Gasteiger partial charge >= 0.3 is 12.1 Å². The molecule has 1 fully saturated rings. The number of nitrogens with zero attached hydrogens (tertiary/aromatic N) is 5. The number of nitro benzene ring substituents is 2. The summed E-state index contributed by atoms with van der Waals surface area (Å²) in [6.45, 7) is 3.00. The number of hydrogen-bond donors (Lipinski definition) is 0. The molecule has 5 rings (SSSR count). The van der Waals surface area contributed by atoms with Crippen molar-refractivity contribution in [1.82, 2.24) is 14.9 Å². The second kappa shape index (κ2) is 13.1. The number of non-ortho nitro benzene ring substituents is 2. The van der Waals surface area contributed by atoms with E-state index in [0.717, 1.165) is 11.8 Å². The number of nitro groups is 2. The Labute approximate surface area is 259 Å². The van der Waals surface area contributed by atoms with Gasteiger partial charge in [-0.15, -0.1) is 0 Å². The first-order chi connectivity index (χ1) is 21.5. The van der Waals surface area contributed by atoms with Gasteiger partial charge in [0.05, 0.1) is 21.8 Å². The first-order valence-corrected chi connectivity index (χ1v) is 14.4. The first kappa shape index (κ1) is 31.1. The largest absolute Gasteiger partial charge is 0.508 e. The number of thioether (sulfide) groups is 1. The van der Waals surface area contributed by atoms with Crippen molar-refractivity contribution in [3.05, 3.63) is 109 Å². The van der Waals surface area contributed by atoms with Crippen LogP contribution in [0.4, 0.5) is 16.2 Å². The minimum atomic E-state index is -1.03. The van der Waals surface area contributed by atoms with Crippen molar-refractivity contribution in [3.63, 3.8) is 0 Å². The third-order valence-corrected chi connectivity index (χ3v) is 8.51. The third-order valence-electron chi connectivity index (χ3n) is 7.33. The fourth-order valence-electron chi connectivity index (χ4n) is 5.12. The molecule has 2 aliphatic heterocycles. The summed E-state index contributed by atoms with van der Waals surface area (Å²) in [5.74, 6) is -2.40. The molecule has 0 N–H and O–H groups in total. The molecule has 45 heavy (non-hydrogen) atoms. The predicted octanol–water partition coefficient (Wildman–Crippen LogP) is 4.56. The molecule has 232 valence electrons. The van der Waals surface area contributed by atoms with Crippen LogP contribution in [0.25, 0.3) is 0 Å². The molecule has 1 aromatic heterocycles. The van der Waals surface area contributed by atoms with Gasteiger partial charge in [0.25, 0.3) is 11.4 Å². The minimum absolute atomic E-state index is 0.0288. The molecule has 15 nitrogen and oxygen atoms in total. The number of ether oxygens (including phenoxy) is 3. The van der Waals surface area contributed by atoms with Gasteiger partial charge in [-0.25, -0.2) is 19.6 Å². The molecule has 4 atom stereocenters. The van der Waals surface area contributed by atoms with Gasteiger partial charge in [0.15, 0.2) is 5.16 Å². The number of benzene rings is 2. The van der Waals surface area contributed by atoms with Crippen LogP contribution in [0.15, 0.2) is 82.7 Å². The van der Waals surface area contributed by atoms with Gasteiger partial charge in [-0.2, -0.15) is 0 Å². The molecule has 16 heteroatoms. The van der Waals surface area contributed by atoms with E-state index < -0.39 is 45.9 Å². The summed E-state index contributed by atoms with van der Waals surface area (Å²) in [6.07, 6.45) is 1.15. The van der Waals surface area contributed by atoms with E-state index >= 15 is 0 Å². The van der Waals surface area contributed by atoms with E-state index in [1.165, 1.54) is 53.4 Å². The van der Waals surface area contributed by atoms with Crippen LogP contribution in [-0.2, 0) is 37.0 Å². The van der Waals surface area contributed by atoms with E-state index in [2.05, 4.69) is 9.97 Å². The molecule has 0 saturated carbocycles. The first-order valence-electron chi connectivity index (χ1n) is 13.5. The molecule has 0 spiro atoms. The normalized spacial score (nSPS) is 19.3. The van der Waals surface area contributed by atoms with E-state index in [9.17, 15) is 34.6 Å². The number of amides is 1. The number of fused-ring (bicyclic) bond motifs is 1. The van der Waals surface area contributed by atoms with Gasteiger partial charge in [0.1, 0.15) is 25.0 Å². The molecule has 2 aliphatic rings. The maximum atomic E-state index is 13.5. The molecule has 3 heterocycles. The van der Waals surface area contributed by atoms with Gasteiger partial charge in [0.2, 0.25) is 5.91 Å². The second-order valence-corrected chi connectivity index (χ2v) is 11.2. The lowest BCUT2D eigenvalue weighted by Crippen LogP contribution is -2.64. The number of aromatic nitrogens is 2. The Morgan fingerprint density at radius 2 is 1.47 bits per heavy atom. The van der Waals surface area contributed by atoms with E-state index in [1.54, 1.807) is 25.4 Å². The molecular weight excluding hydrogens is 610 g/mol. The summed E-state index contributed by atoms with van der Waals surface area (Å²) in [7, 11) is 0. The molecule has 0 radical (unpaired) electrons. The third kappa shape index (κ3) is 6.59. The highest BCUT2D eigenvalue weighted by molar-refractivity contribution is 8.03. The van der Waals surface area contributed by atoms with E-state index in [0.29, 0.717) is 21.2 Å². The highest BCUT2D eigenvalue weighted by Crippen LogP contribution is 2.52. The summed E-state index contributed by atoms with van der Waals surface area (Å²) < 4.78 is 16.1. The number of carbonyl (C=O) groups excluding carboxylic acids is 3. The van der Waals surface area contributed by atoms with Crippen LogP contribution in [-0.4, -0.2) is 54.9 Å². The lowest BCUT2D eigenvalue weighted by molar-refractivity contribution is -0.385. The predicted molar refractivity (Wildman–Crippen MR) is 155 cm³/mol. The quantitative estimate of drug-likeness (QED) is 0.0936. The van der Waals surface area contributed by atoms with Crippen LogP contribution in [0.1, 0.15) is 25.0 Å². The summed E-state index contributed by atoms with van der Waals surface area (Å²) in [5.41, 5.74) is 0.839. The molecule has 1 saturated heterocycles. The number of carbonyl (C=O) groups is 3. The van der Waals surface area contributed by atoms with Crippen LogP contribution in [0.3, 0.4) is 0 Å². The molecule has 3 aromatic rings. The van der Waals surface area contributed by atoms with Gasteiger partial charge in [-0.1, -0.05) is 18.7 Å². The van der Waals surface area contributed by atoms with Gasteiger partial charge in [0, 0.05) is 47.5 Å². The van der Waals surface area contributed by atoms with Crippen molar-refractivity contribution in [2.24, 2.45) is 11.8 Å². The van der Waals surface area contributed by atoms with E-state index in [-0.39, 0.29) is 36.2 Å².